The molecule has 18 heavy (non-hydrogen) atoms. The van der Waals surface area contributed by atoms with E-state index in [1.54, 1.807) is 7.11 Å². The average molecular weight is 244 g/mol. The van der Waals surface area contributed by atoms with E-state index in [2.05, 4.69) is 29.4 Å². The lowest BCUT2D eigenvalue weighted by Crippen LogP contribution is -2.24. The van der Waals surface area contributed by atoms with Crippen molar-refractivity contribution >= 4 is 10.9 Å². The quantitative estimate of drug-likeness (QED) is 0.870. The maximum Gasteiger partial charge on any atom is 0.142 e. The smallest absolute Gasteiger partial charge is 0.142 e. The number of aryl methyl sites for hydroxylation is 1. The minimum absolute atomic E-state index is 0.468. The van der Waals surface area contributed by atoms with Crippen molar-refractivity contribution in [3.05, 3.63) is 29.5 Å². The predicted molar refractivity (Wildman–Crippen MR) is 74.2 cm³/mol. The lowest BCUT2D eigenvalue weighted by atomic mass is 9.91. The first-order chi connectivity index (χ1) is 8.85. The number of aromatic amines is 1. The summed E-state index contributed by atoms with van der Waals surface area (Å²) in [5.74, 6) is 0.942. The van der Waals surface area contributed by atoms with Crippen LogP contribution in [-0.4, -0.2) is 18.6 Å². The van der Waals surface area contributed by atoms with Crippen LogP contribution in [0.4, 0.5) is 0 Å². The Morgan fingerprint density at radius 1 is 1.44 bits per heavy atom. The molecule has 1 unspecified atom stereocenters. The standard InChI is InChI=1S/C15H20N2O/c1-3-16-12-8-4-6-10-11-7-5-9-13(18-2)15(11)17-14(10)12/h5,7,9,12,16-17H,3-4,6,8H2,1-2H3. The van der Waals surface area contributed by atoms with Crippen LogP contribution < -0.4 is 10.1 Å². The van der Waals surface area contributed by atoms with E-state index in [1.807, 2.05) is 6.07 Å². The van der Waals surface area contributed by atoms with Gasteiger partial charge in [-0.2, -0.15) is 0 Å². The molecule has 0 spiro atoms. The van der Waals surface area contributed by atoms with Gasteiger partial charge < -0.3 is 15.0 Å². The summed E-state index contributed by atoms with van der Waals surface area (Å²) in [4.78, 5) is 3.58. The third-order valence-electron chi connectivity index (χ3n) is 3.87. The molecule has 0 radical (unpaired) electrons. The molecule has 0 saturated heterocycles. The van der Waals surface area contributed by atoms with E-state index in [4.69, 9.17) is 4.74 Å². The van der Waals surface area contributed by atoms with Crippen LogP contribution in [0.15, 0.2) is 18.2 Å². The van der Waals surface area contributed by atoms with E-state index < -0.39 is 0 Å². The van der Waals surface area contributed by atoms with E-state index >= 15 is 0 Å². The van der Waals surface area contributed by atoms with Gasteiger partial charge in [-0.25, -0.2) is 0 Å². The number of fused-ring (bicyclic) bond motifs is 3. The van der Waals surface area contributed by atoms with E-state index in [-0.39, 0.29) is 0 Å². The molecule has 0 aliphatic heterocycles. The van der Waals surface area contributed by atoms with E-state index in [1.165, 1.54) is 35.9 Å². The van der Waals surface area contributed by atoms with Crippen molar-refractivity contribution in [2.24, 2.45) is 0 Å². The maximum atomic E-state index is 5.45. The molecule has 1 aliphatic rings. The highest BCUT2D eigenvalue weighted by Gasteiger charge is 2.24. The molecule has 1 atom stereocenters. The van der Waals surface area contributed by atoms with Gasteiger partial charge in [-0.05, 0) is 37.4 Å². The van der Waals surface area contributed by atoms with Crippen LogP contribution in [0.5, 0.6) is 5.75 Å². The largest absolute Gasteiger partial charge is 0.495 e. The van der Waals surface area contributed by atoms with E-state index in [0.717, 1.165) is 17.8 Å². The zero-order valence-electron chi connectivity index (χ0n) is 11.0. The Labute approximate surface area is 108 Å². The van der Waals surface area contributed by atoms with Crippen LogP contribution in [0.1, 0.15) is 37.1 Å². The topological polar surface area (TPSA) is 37.0 Å². The van der Waals surface area contributed by atoms with Crippen molar-refractivity contribution in [1.82, 2.24) is 10.3 Å². The maximum absolute atomic E-state index is 5.45. The second kappa shape index (κ2) is 4.65. The van der Waals surface area contributed by atoms with Crippen molar-refractivity contribution in [3.8, 4) is 5.75 Å². The van der Waals surface area contributed by atoms with Crippen molar-refractivity contribution in [1.29, 1.82) is 0 Å². The van der Waals surface area contributed by atoms with Gasteiger partial charge in [0, 0.05) is 17.1 Å². The lowest BCUT2D eigenvalue weighted by Gasteiger charge is -2.23. The number of rotatable bonds is 3. The van der Waals surface area contributed by atoms with E-state index in [0.29, 0.717) is 6.04 Å². The Kier molecular flexibility index (Phi) is 3.00. The number of hydrogen-bond acceptors (Lipinski definition) is 2. The van der Waals surface area contributed by atoms with Gasteiger partial charge in [0.05, 0.1) is 12.6 Å². The summed E-state index contributed by atoms with van der Waals surface area (Å²) >= 11 is 0. The molecule has 0 saturated carbocycles. The molecule has 0 bridgehead atoms. The first-order valence-electron chi connectivity index (χ1n) is 6.76. The molecule has 0 fully saturated rings. The summed E-state index contributed by atoms with van der Waals surface area (Å²) in [5.41, 5.74) is 3.98. The van der Waals surface area contributed by atoms with Gasteiger partial charge in [-0.1, -0.05) is 19.1 Å². The van der Waals surface area contributed by atoms with Gasteiger partial charge in [0.15, 0.2) is 0 Å². The van der Waals surface area contributed by atoms with Crippen LogP contribution in [-0.2, 0) is 6.42 Å². The van der Waals surface area contributed by atoms with Crippen molar-refractivity contribution < 1.29 is 4.74 Å². The van der Waals surface area contributed by atoms with Crippen molar-refractivity contribution in [3.63, 3.8) is 0 Å². The number of methoxy groups -OCH3 is 1. The van der Waals surface area contributed by atoms with Crippen LogP contribution in [0, 0.1) is 0 Å². The fourth-order valence-electron chi connectivity index (χ4n) is 3.08. The number of benzene rings is 1. The zero-order valence-corrected chi connectivity index (χ0v) is 11.0. The molecule has 3 rings (SSSR count). The van der Waals surface area contributed by atoms with Crippen molar-refractivity contribution in [2.75, 3.05) is 13.7 Å². The SMILES string of the molecule is CCNC1CCCc2c1[nH]c1c(OC)cccc21. The second-order valence-electron chi connectivity index (χ2n) is 4.90. The Balaban J connectivity index is 2.17. The molecular weight excluding hydrogens is 224 g/mol. The number of nitrogens with one attached hydrogen (secondary N) is 2. The normalized spacial score (nSPS) is 18.9. The van der Waals surface area contributed by atoms with Crippen LogP contribution in [0.3, 0.4) is 0 Å². The monoisotopic (exact) mass is 244 g/mol. The van der Waals surface area contributed by atoms with Gasteiger partial charge in [-0.15, -0.1) is 0 Å². The molecule has 1 heterocycles. The first-order valence-corrected chi connectivity index (χ1v) is 6.76. The lowest BCUT2D eigenvalue weighted by molar-refractivity contribution is 0.418. The minimum atomic E-state index is 0.468. The molecule has 2 aromatic rings. The molecule has 2 N–H and O–H groups in total. The summed E-state index contributed by atoms with van der Waals surface area (Å²) in [6, 6.07) is 6.76. The fraction of sp³-hybridized carbons (Fsp3) is 0.467. The molecule has 0 amide bonds. The zero-order chi connectivity index (χ0) is 12.5. The predicted octanol–water partition coefficient (Wildman–Crippen LogP) is 3.16. The van der Waals surface area contributed by atoms with E-state index in [9.17, 15) is 0 Å². The van der Waals surface area contributed by atoms with Gasteiger partial charge in [0.25, 0.3) is 0 Å². The Bertz CT molecular complexity index is 559. The number of hydrogen-bond donors (Lipinski definition) is 2. The molecule has 96 valence electrons. The first kappa shape index (κ1) is 11.6. The minimum Gasteiger partial charge on any atom is -0.495 e. The summed E-state index contributed by atoms with van der Waals surface area (Å²) in [5, 5.41) is 4.89. The number of aromatic nitrogens is 1. The van der Waals surface area contributed by atoms with Gasteiger partial charge in [0.1, 0.15) is 5.75 Å². The van der Waals surface area contributed by atoms with Crippen LogP contribution in [0.2, 0.25) is 0 Å². The molecule has 3 nitrogen and oxygen atoms in total. The third-order valence-corrected chi connectivity index (χ3v) is 3.87. The Morgan fingerprint density at radius 2 is 2.33 bits per heavy atom. The highest BCUT2D eigenvalue weighted by Crippen LogP contribution is 2.37. The number of H-pyrrole nitrogens is 1. The molecule has 3 heteroatoms. The van der Waals surface area contributed by atoms with Crippen molar-refractivity contribution in [2.45, 2.75) is 32.2 Å². The Hall–Kier alpha value is -1.48. The molecule has 1 aliphatic carbocycles. The van der Waals surface area contributed by atoms with Crippen LogP contribution >= 0.6 is 0 Å². The third kappa shape index (κ3) is 1.70. The second-order valence-corrected chi connectivity index (χ2v) is 4.90. The van der Waals surface area contributed by atoms with Crippen LogP contribution in [0.25, 0.3) is 10.9 Å². The summed E-state index contributed by atoms with van der Waals surface area (Å²) < 4.78 is 5.45. The molecular formula is C15H20N2O. The molecule has 1 aromatic heterocycles. The highest BCUT2D eigenvalue weighted by atomic mass is 16.5. The summed E-state index contributed by atoms with van der Waals surface area (Å²) in [6.07, 6.45) is 3.65. The summed E-state index contributed by atoms with van der Waals surface area (Å²) in [6.45, 7) is 3.17. The number of para-hydroxylation sites is 1. The fourth-order valence-corrected chi connectivity index (χ4v) is 3.08. The van der Waals surface area contributed by atoms with Gasteiger partial charge in [-0.3, -0.25) is 0 Å². The molecule has 1 aromatic carbocycles. The summed E-state index contributed by atoms with van der Waals surface area (Å²) in [7, 11) is 1.73. The number of ether oxygens (including phenoxy) is 1. The van der Waals surface area contributed by atoms with Gasteiger partial charge in [0.2, 0.25) is 0 Å². The van der Waals surface area contributed by atoms with Gasteiger partial charge >= 0.3 is 0 Å². The Morgan fingerprint density at radius 3 is 3.11 bits per heavy atom. The average Bonchev–Trinajstić information content (AvgIpc) is 2.79. The highest BCUT2D eigenvalue weighted by molar-refractivity contribution is 5.90.